The molecule has 1 aromatic heterocycles. The minimum absolute atomic E-state index is 0.0558. The Morgan fingerprint density at radius 2 is 2.18 bits per heavy atom. The standard InChI is InChI=1S/C6H6F2N2O/c1-3(2)5-9-10-6(11-5)4(7)8/h4H,1H2,2H3. The van der Waals surface area contributed by atoms with Crippen LogP contribution in [-0.2, 0) is 0 Å². The lowest BCUT2D eigenvalue weighted by atomic mass is 10.4. The van der Waals surface area contributed by atoms with E-state index in [1.54, 1.807) is 6.92 Å². The van der Waals surface area contributed by atoms with Gasteiger partial charge in [0.05, 0.1) is 0 Å². The molecule has 0 aliphatic heterocycles. The molecule has 0 aliphatic carbocycles. The Balaban J connectivity index is 2.90. The lowest BCUT2D eigenvalue weighted by Gasteiger charge is -1.88. The Hall–Kier alpha value is -1.26. The zero-order valence-electron chi connectivity index (χ0n) is 5.84. The number of halogens is 2. The van der Waals surface area contributed by atoms with Gasteiger partial charge in [0.1, 0.15) is 0 Å². The summed E-state index contributed by atoms with van der Waals surface area (Å²) in [6, 6.07) is 0. The van der Waals surface area contributed by atoms with Crippen molar-refractivity contribution in [3.05, 3.63) is 18.4 Å². The van der Waals surface area contributed by atoms with Crippen LogP contribution in [0.3, 0.4) is 0 Å². The summed E-state index contributed by atoms with van der Waals surface area (Å²) in [4.78, 5) is 0. The summed E-state index contributed by atoms with van der Waals surface area (Å²) in [5.74, 6) is -0.608. The summed E-state index contributed by atoms with van der Waals surface area (Å²) >= 11 is 0. The Labute approximate surface area is 61.7 Å². The molecular weight excluding hydrogens is 154 g/mol. The van der Waals surface area contributed by atoms with Gasteiger partial charge in [-0.3, -0.25) is 0 Å². The third-order valence-electron chi connectivity index (χ3n) is 0.992. The fourth-order valence-electron chi connectivity index (χ4n) is 0.495. The topological polar surface area (TPSA) is 38.9 Å². The van der Waals surface area contributed by atoms with Gasteiger partial charge in [0, 0.05) is 5.57 Å². The number of nitrogens with zero attached hydrogens (tertiary/aromatic N) is 2. The van der Waals surface area contributed by atoms with Gasteiger partial charge in [-0.15, -0.1) is 10.2 Å². The van der Waals surface area contributed by atoms with E-state index in [2.05, 4.69) is 21.2 Å². The first-order valence-corrected chi connectivity index (χ1v) is 2.88. The highest BCUT2D eigenvalue weighted by Crippen LogP contribution is 2.18. The number of alkyl halides is 2. The SMILES string of the molecule is C=C(C)c1nnc(C(F)F)o1. The zero-order valence-corrected chi connectivity index (χ0v) is 5.84. The molecule has 1 rings (SSSR count). The largest absolute Gasteiger partial charge is 0.415 e. The molecule has 0 aromatic carbocycles. The Bertz CT molecular complexity index is 269. The van der Waals surface area contributed by atoms with Crippen LogP contribution in [0.2, 0.25) is 0 Å². The summed E-state index contributed by atoms with van der Waals surface area (Å²) in [5, 5.41) is 6.45. The number of allylic oxidation sites excluding steroid dienone is 1. The molecule has 0 aliphatic rings. The van der Waals surface area contributed by atoms with Gasteiger partial charge in [0.25, 0.3) is 5.89 Å². The molecule has 60 valence electrons. The maximum absolute atomic E-state index is 11.8. The molecule has 0 amide bonds. The molecule has 1 aromatic rings. The van der Waals surface area contributed by atoms with E-state index in [4.69, 9.17) is 0 Å². The van der Waals surface area contributed by atoms with E-state index < -0.39 is 12.3 Å². The van der Waals surface area contributed by atoms with Crippen LogP contribution < -0.4 is 0 Å². The molecule has 11 heavy (non-hydrogen) atoms. The molecule has 0 atom stereocenters. The Morgan fingerprint density at radius 3 is 2.45 bits per heavy atom. The molecular formula is C6H6F2N2O. The minimum atomic E-state index is -2.71. The lowest BCUT2D eigenvalue weighted by molar-refractivity contribution is 0.114. The molecule has 0 bridgehead atoms. The van der Waals surface area contributed by atoms with Crippen molar-refractivity contribution in [2.75, 3.05) is 0 Å². The average molecular weight is 160 g/mol. The highest BCUT2D eigenvalue weighted by Gasteiger charge is 2.15. The van der Waals surface area contributed by atoms with Gasteiger partial charge in [-0.25, -0.2) is 0 Å². The summed E-state index contributed by atoms with van der Waals surface area (Å²) < 4.78 is 28.2. The summed E-state index contributed by atoms with van der Waals surface area (Å²) in [6.07, 6.45) is -2.71. The fraction of sp³-hybridized carbons (Fsp3) is 0.333. The average Bonchev–Trinajstić information content (AvgIpc) is 2.33. The Morgan fingerprint density at radius 1 is 1.55 bits per heavy atom. The fourth-order valence-corrected chi connectivity index (χ4v) is 0.495. The number of hydrogen-bond acceptors (Lipinski definition) is 3. The van der Waals surface area contributed by atoms with Crippen molar-refractivity contribution in [1.29, 1.82) is 0 Å². The summed E-state index contributed by atoms with van der Waals surface area (Å²) in [6.45, 7) is 5.06. The van der Waals surface area contributed by atoms with Crippen LogP contribution in [-0.4, -0.2) is 10.2 Å². The number of rotatable bonds is 2. The van der Waals surface area contributed by atoms with Gasteiger partial charge in [0.2, 0.25) is 5.89 Å². The normalized spacial score (nSPS) is 10.5. The molecule has 0 fully saturated rings. The molecule has 0 saturated carbocycles. The quantitative estimate of drug-likeness (QED) is 0.664. The second-order valence-corrected chi connectivity index (χ2v) is 2.03. The number of hydrogen-bond donors (Lipinski definition) is 0. The van der Waals surface area contributed by atoms with Crippen molar-refractivity contribution in [3.63, 3.8) is 0 Å². The monoisotopic (exact) mass is 160 g/mol. The van der Waals surface area contributed by atoms with Crippen LogP contribution in [0, 0.1) is 0 Å². The molecule has 0 unspecified atom stereocenters. The molecule has 0 saturated heterocycles. The van der Waals surface area contributed by atoms with Gasteiger partial charge in [-0.1, -0.05) is 6.58 Å². The molecule has 0 radical (unpaired) electrons. The van der Waals surface area contributed by atoms with E-state index in [-0.39, 0.29) is 5.89 Å². The van der Waals surface area contributed by atoms with Crippen molar-refractivity contribution in [2.24, 2.45) is 0 Å². The smallest absolute Gasteiger partial charge is 0.314 e. The molecule has 1 heterocycles. The molecule has 0 spiro atoms. The molecule has 3 nitrogen and oxygen atoms in total. The third-order valence-corrected chi connectivity index (χ3v) is 0.992. The van der Waals surface area contributed by atoms with Crippen molar-refractivity contribution in [3.8, 4) is 0 Å². The van der Waals surface area contributed by atoms with E-state index >= 15 is 0 Å². The van der Waals surface area contributed by atoms with Crippen LogP contribution in [0.5, 0.6) is 0 Å². The number of aromatic nitrogens is 2. The van der Waals surface area contributed by atoms with Crippen molar-refractivity contribution in [1.82, 2.24) is 10.2 Å². The van der Waals surface area contributed by atoms with Gasteiger partial charge < -0.3 is 4.42 Å². The second-order valence-electron chi connectivity index (χ2n) is 2.03. The maximum Gasteiger partial charge on any atom is 0.314 e. The van der Waals surface area contributed by atoms with Crippen LogP contribution in [0.15, 0.2) is 11.0 Å². The van der Waals surface area contributed by atoms with Crippen LogP contribution >= 0.6 is 0 Å². The summed E-state index contributed by atoms with van der Waals surface area (Å²) in [7, 11) is 0. The predicted octanol–water partition coefficient (Wildman–Crippen LogP) is 2.04. The molecule has 5 heteroatoms. The summed E-state index contributed by atoms with van der Waals surface area (Å²) in [5.41, 5.74) is 0.476. The first-order chi connectivity index (χ1) is 5.11. The second kappa shape index (κ2) is 2.77. The van der Waals surface area contributed by atoms with Crippen LogP contribution in [0.25, 0.3) is 5.57 Å². The van der Waals surface area contributed by atoms with E-state index in [0.29, 0.717) is 5.57 Å². The highest BCUT2D eigenvalue weighted by atomic mass is 19.3. The molecule has 0 N–H and O–H groups in total. The van der Waals surface area contributed by atoms with Crippen molar-refractivity contribution in [2.45, 2.75) is 13.3 Å². The maximum atomic E-state index is 11.8. The van der Waals surface area contributed by atoms with Gasteiger partial charge in [0.15, 0.2) is 0 Å². The minimum Gasteiger partial charge on any atom is -0.415 e. The first-order valence-electron chi connectivity index (χ1n) is 2.88. The zero-order chi connectivity index (χ0) is 8.43. The lowest BCUT2D eigenvalue weighted by Crippen LogP contribution is -1.81. The van der Waals surface area contributed by atoms with Crippen molar-refractivity contribution >= 4 is 5.57 Å². The third kappa shape index (κ3) is 1.60. The van der Waals surface area contributed by atoms with E-state index in [1.807, 2.05) is 0 Å². The highest BCUT2D eigenvalue weighted by molar-refractivity contribution is 5.51. The Kier molecular flexibility index (Phi) is 1.98. The van der Waals surface area contributed by atoms with Gasteiger partial charge in [-0.05, 0) is 6.92 Å². The predicted molar refractivity (Wildman–Crippen MR) is 34.0 cm³/mol. The van der Waals surface area contributed by atoms with Crippen LogP contribution in [0.1, 0.15) is 25.1 Å². The van der Waals surface area contributed by atoms with Crippen LogP contribution in [0.4, 0.5) is 8.78 Å². The van der Waals surface area contributed by atoms with E-state index in [9.17, 15) is 8.78 Å². The van der Waals surface area contributed by atoms with E-state index in [0.717, 1.165) is 0 Å². The van der Waals surface area contributed by atoms with E-state index in [1.165, 1.54) is 0 Å². The van der Waals surface area contributed by atoms with Crippen molar-refractivity contribution < 1.29 is 13.2 Å². The first kappa shape index (κ1) is 7.84. The van der Waals surface area contributed by atoms with Gasteiger partial charge in [-0.2, -0.15) is 8.78 Å². The van der Waals surface area contributed by atoms with Gasteiger partial charge >= 0.3 is 6.43 Å².